The smallest absolute Gasteiger partial charge is 0.338 e. The molecule has 0 amide bonds. The van der Waals surface area contributed by atoms with Gasteiger partial charge in [-0.25, -0.2) is 9.59 Å². The van der Waals surface area contributed by atoms with E-state index in [1.54, 1.807) is 62.4 Å². The van der Waals surface area contributed by atoms with Gasteiger partial charge in [0.05, 0.1) is 35.2 Å². The van der Waals surface area contributed by atoms with E-state index in [0.29, 0.717) is 0 Å². The van der Waals surface area contributed by atoms with Crippen LogP contribution in [0.25, 0.3) is 0 Å². The molecular formula is C47H56O21. The lowest BCUT2D eigenvalue weighted by Crippen LogP contribution is -2.80. The summed E-state index contributed by atoms with van der Waals surface area (Å²) in [5, 5.41) is 76.7. The second-order valence-corrected chi connectivity index (χ2v) is 19.8. The standard InChI is InChI=1S/C47H56O21/c1-42-16-26(49)24-14-46(42,44(24,40(59-3)67-42)20-61-36(57)22-10-6-4-7-11-22)66-39-35(56)33(54)31(52)29(64-39)19-60-41-45(21-62-37(58)23-12-8-5-9-13-23)25-15-47(45,43(2,68-41)17-27(25)50)65-38-34(55)32(53)30(51)28(18-48)63-38/h4-13,24-25,28-35,38-41,48,51-56H,14-21H2,1-3H3/t24-,25-,28+,29+,30+,31+,32-,33-,34+,35+,38-,39-,40-,41-,42-,43-,44-,45-,46-,47-/m0/s1. The van der Waals surface area contributed by atoms with E-state index < -0.39 is 157 Å². The number of carbonyl (C=O) groups excluding carboxylic acids is 4. The molecule has 6 aliphatic carbocycles. The van der Waals surface area contributed by atoms with Crippen LogP contribution in [-0.4, -0.2) is 189 Å². The van der Waals surface area contributed by atoms with Crippen molar-refractivity contribution in [3.63, 3.8) is 0 Å². The Morgan fingerprint density at radius 2 is 1.04 bits per heavy atom. The topological polar surface area (TPSA) is 302 Å². The van der Waals surface area contributed by atoms with E-state index >= 15 is 0 Å². The van der Waals surface area contributed by atoms with E-state index in [4.69, 9.17) is 47.4 Å². The van der Waals surface area contributed by atoms with Gasteiger partial charge in [0.25, 0.3) is 0 Å². The molecule has 0 unspecified atom stereocenters. The summed E-state index contributed by atoms with van der Waals surface area (Å²) in [6.07, 6.45) is -20.3. The number of hydrogen-bond acceptors (Lipinski definition) is 21. The summed E-state index contributed by atoms with van der Waals surface area (Å²) in [4.78, 5) is 54.4. The fourth-order valence-electron chi connectivity index (χ4n) is 12.9. The number of aliphatic hydroxyl groups is 7. The number of ether oxygens (including phenoxy) is 10. The lowest BCUT2D eigenvalue weighted by molar-refractivity contribution is -0.388. The highest BCUT2D eigenvalue weighted by Crippen LogP contribution is 2.76. The van der Waals surface area contributed by atoms with Gasteiger partial charge in [-0.15, -0.1) is 0 Å². The summed E-state index contributed by atoms with van der Waals surface area (Å²) in [5.41, 5.74) is -8.88. The number of benzene rings is 2. The van der Waals surface area contributed by atoms with Gasteiger partial charge in [0, 0.05) is 31.8 Å². The zero-order chi connectivity index (χ0) is 48.3. The van der Waals surface area contributed by atoms with E-state index in [9.17, 15) is 54.9 Å². The summed E-state index contributed by atoms with van der Waals surface area (Å²) in [6.45, 7) is 0.883. The normalized spacial score (nSPS) is 47.5. The summed E-state index contributed by atoms with van der Waals surface area (Å²) in [6, 6.07) is 16.2. The number of aliphatic hydroxyl groups excluding tert-OH is 7. The molecule has 2 aromatic carbocycles. The van der Waals surface area contributed by atoms with Gasteiger partial charge in [0.2, 0.25) is 0 Å². The maximum atomic E-state index is 14.0. The maximum Gasteiger partial charge on any atom is 0.338 e. The Labute approximate surface area is 389 Å². The quantitative estimate of drug-likeness (QED) is 0.102. The Bertz CT molecular complexity index is 2280. The van der Waals surface area contributed by atoms with Crippen LogP contribution in [0.15, 0.2) is 60.7 Å². The molecule has 2 aromatic rings. The second kappa shape index (κ2) is 16.9. The Hall–Kier alpha value is -3.88. The zero-order valence-corrected chi connectivity index (χ0v) is 37.4. The molecule has 21 nitrogen and oxygen atoms in total. The van der Waals surface area contributed by atoms with Crippen LogP contribution in [0.1, 0.15) is 60.2 Å². The molecule has 7 N–H and O–H groups in total. The number of esters is 2. The minimum atomic E-state index is -1.91. The predicted molar refractivity (Wildman–Crippen MR) is 221 cm³/mol. The van der Waals surface area contributed by atoms with Crippen molar-refractivity contribution in [1.82, 2.24) is 0 Å². The van der Waals surface area contributed by atoms with Crippen LogP contribution in [0.3, 0.4) is 0 Å². The van der Waals surface area contributed by atoms with Crippen LogP contribution < -0.4 is 0 Å². The maximum absolute atomic E-state index is 14.0. The molecule has 8 bridgehead atoms. The predicted octanol–water partition coefficient (Wildman–Crippen LogP) is -1.33. The van der Waals surface area contributed by atoms with E-state index in [-0.39, 0.29) is 48.4 Å². The molecular weight excluding hydrogens is 900 g/mol. The van der Waals surface area contributed by atoms with Gasteiger partial charge in [-0.1, -0.05) is 36.4 Å². The second-order valence-electron chi connectivity index (χ2n) is 19.8. The summed E-state index contributed by atoms with van der Waals surface area (Å²) in [5.74, 6) is -3.63. The van der Waals surface area contributed by atoms with Crippen molar-refractivity contribution in [1.29, 1.82) is 0 Å². The molecule has 0 aromatic heterocycles. The molecule has 10 aliphatic rings. The van der Waals surface area contributed by atoms with Crippen molar-refractivity contribution < 1.29 is 102 Å². The Balaban J connectivity index is 0.937. The first-order chi connectivity index (χ1) is 32.4. The van der Waals surface area contributed by atoms with E-state index in [1.165, 1.54) is 19.2 Å². The lowest BCUT2D eigenvalue weighted by atomic mass is 9.41. The van der Waals surface area contributed by atoms with Crippen molar-refractivity contribution in [2.24, 2.45) is 22.7 Å². The van der Waals surface area contributed by atoms with Crippen LogP contribution >= 0.6 is 0 Å². The first-order valence-corrected chi connectivity index (χ1v) is 22.7. The van der Waals surface area contributed by atoms with Gasteiger partial charge < -0.3 is 83.1 Å². The van der Waals surface area contributed by atoms with Gasteiger partial charge in [-0.3, -0.25) is 9.59 Å². The molecule has 370 valence electrons. The molecule has 68 heavy (non-hydrogen) atoms. The number of methoxy groups -OCH3 is 1. The largest absolute Gasteiger partial charge is 0.461 e. The number of Topliss-reactive ketones (excluding diaryl/α,β-unsaturated/α-hetero) is 2. The average molecular weight is 957 g/mol. The number of ketones is 2. The van der Waals surface area contributed by atoms with Crippen LogP contribution in [0.2, 0.25) is 0 Å². The molecule has 12 rings (SSSR count). The Kier molecular flexibility index (Phi) is 11.9. The molecule has 6 saturated carbocycles. The monoisotopic (exact) mass is 956 g/mol. The van der Waals surface area contributed by atoms with Gasteiger partial charge in [0.15, 0.2) is 25.2 Å². The van der Waals surface area contributed by atoms with Gasteiger partial charge in [-0.2, -0.15) is 0 Å². The third kappa shape index (κ3) is 6.49. The fourth-order valence-corrected chi connectivity index (χ4v) is 12.9. The summed E-state index contributed by atoms with van der Waals surface area (Å²) in [7, 11) is 1.37. The minimum absolute atomic E-state index is 0.0438. The molecule has 10 fully saturated rings. The van der Waals surface area contributed by atoms with Crippen molar-refractivity contribution in [3.05, 3.63) is 71.8 Å². The molecule has 0 radical (unpaired) electrons. The molecule has 0 spiro atoms. The third-order valence-corrected chi connectivity index (χ3v) is 16.5. The van der Waals surface area contributed by atoms with E-state index in [0.717, 1.165) is 0 Å². The first kappa shape index (κ1) is 47.8. The summed E-state index contributed by atoms with van der Waals surface area (Å²) < 4.78 is 62.4. The zero-order valence-electron chi connectivity index (χ0n) is 37.4. The van der Waals surface area contributed by atoms with Crippen molar-refractivity contribution in [2.75, 3.05) is 33.5 Å². The Morgan fingerprint density at radius 3 is 1.50 bits per heavy atom. The fraction of sp³-hybridized carbons (Fsp3) is 0.660. The number of carbonyl (C=O) groups is 4. The van der Waals surface area contributed by atoms with E-state index in [1.807, 2.05) is 0 Å². The van der Waals surface area contributed by atoms with Crippen LogP contribution in [0.4, 0.5) is 0 Å². The SMILES string of the molecule is CO[C@H]1O[C@@]2(C)CC(=O)[C@@H]3C[C@@]2(O[C@@H]2O[C@H](CO[C@H]4O[C@@]5(C)CC(=O)[C@@H]6C[C@@]5(O[C@@H]5O[C@H](CO)[C@@H](O)[C@H](O)[C@H]5O)[C@]46COC(=O)c4ccccc4)[C@@H](O)[C@H](O)[C@H]2O)[C@]13COC(=O)c1ccccc1. The van der Waals surface area contributed by atoms with Crippen LogP contribution in [-0.2, 0) is 57.0 Å². The highest BCUT2D eigenvalue weighted by atomic mass is 16.8. The van der Waals surface area contributed by atoms with Crippen molar-refractivity contribution >= 4 is 23.5 Å². The lowest BCUT2D eigenvalue weighted by Gasteiger charge is -2.66. The first-order valence-electron chi connectivity index (χ1n) is 22.7. The molecule has 20 atom stereocenters. The van der Waals surface area contributed by atoms with Gasteiger partial charge in [-0.05, 0) is 51.0 Å². The van der Waals surface area contributed by atoms with Gasteiger partial charge in [0.1, 0.15) is 96.0 Å². The van der Waals surface area contributed by atoms with Crippen LogP contribution in [0.5, 0.6) is 0 Å². The third-order valence-electron chi connectivity index (χ3n) is 16.5. The van der Waals surface area contributed by atoms with Crippen molar-refractivity contribution in [3.8, 4) is 0 Å². The number of hydrogen-bond donors (Lipinski definition) is 7. The van der Waals surface area contributed by atoms with Crippen LogP contribution in [0, 0.1) is 22.7 Å². The summed E-state index contributed by atoms with van der Waals surface area (Å²) >= 11 is 0. The van der Waals surface area contributed by atoms with Crippen molar-refractivity contribution in [2.45, 2.75) is 136 Å². The molecule has 21 heteroatoms. The number of rotatable bonds is 15. The minimum Gasteiger partial charge on any atom is -0.461 e. The molecule has 4 heterocycles. The highest BCUT2D eigenvalue weighted by molar-refractivity contribution is 5.91. The average Bonchev–Trinajstić information content (AvgIpc) is 3.47. The van der Waals surface area contributed by atoms with E-state index in [2.05, 4.69) is 0 Å². The van der Waals surface area contributed by atoms with Gasteiger partial charge >= 0.3 is 11.9 Å². The molecule has 4 saturated heterocycles. The highest BCUT2D eigenvalue weighted by Gasteiger charge is 2.89. The Morgan fingerprint density at radius 1 is 0.618 bits per heavy atom. The molecule has 4 aliphatic heterocycles. The number of fused-ring (bicyclic) bond motifs is 2.